The SMILES string of the molecule is CCCOc1cnc(Br)nc1. The average Bonchev–Trinajstić information content (AvgIpc) is 2.04. The van der Waals surface area contributed by atoms with Gasteiger partial charge >= 0.3 is 0 Å². The number of aromatic nitrogens is 2. The van der Waals surface area contributed by atoms with Crippen molar-refractivity contribution < 1.29 is 4.74 Å². The van der Waals surface area contributed by atoms with E-state index in [2.05, 4.69) is 32.8 Å². The van der Waals surface area contributed by atoms with E-state index in [4.69, 9.17) is 4.74 Å². The molecule has 0 saturated carbocycles. The van der Waals surface area contributed by atoms with Gasteiger partial charge in [0.25, 0.3) is 0 Å². The minimum atomic E-state index is 0.585. The van der Waals surface area contributed by atoms with Gasteiger partial charge in [-0.1, -0.05) is 6.92 Å². The van der Waals surface area contributed by atoms with E-state index in [1.54, 1.807) is 12.4 Å². The van der Waals surface area contributed by atoms with Gasteiger partial charge in [0.1, 0.15) is 0 Å². The van der Waals surface area contributed by atoms with Crippen LogP contribution in [-0.4, -0.2) is 16.6 Å². The Balaban J connectivity index is 2.52. The largest absolute Gasteiger partial charge is 0.490 e. The first-order chi connectivity index (χ1) is 5.33. The first-order valence-corrected chi connectivity index (χ1v) is 4.22. The lowest BCUT2D eigenvalue weighted by Crippen LogP contribution is -1.95. The van der Waals surface area contributed by atoms with E-state index in [-0.39, 0.29) is 0 Å². The van der Waals surface area contributed by atoms with Gasteiger partial charge in [-0.05, 0) is 22.4 Å². The van der Waals surface area contributed by atoms with Crippen LogP contribution in [0.25, 0.3) is 0 Å². The van der Waals surface area contributed by atoms with Gasteiger partial charge in [-0.3, -0.25) is 0 Å². The highest BCUT2D eigenvalue weighted by atomic mass is 79.9. The van der Waals surface area contributed by atoms with Crippen molar-refractivity contribution in [3.8, 4) is 5.75 Å². The number of hydrogen-bond acceptors (Lipinski definition) is 3. The average molecular weight is 217 g/mol. The quantitative estimate of drug-likeness (QED) is 0.726. The van der Waals surface area contributed by atoms with Crippen molar-refractivity contribution in [3.05, 3.63) is 17.1 Å². The zero-order chi connectivity index (χ0) is 8.10. The number of ether oxygens (including phenoxy) is 1. The molecule has 4 heteroatoms. The van der Waals surface area contributed by atoms with E-state index in [1.165, 1.54) is 0 Å². The Hall–Kier alpha value is -0.640. The summed E-state index contributed by atoms with van der Waals surface area (Å²) in [6, 6.07) is 0. The first-order valence-electron chi connectivity index (χ1n) is 3.43. The van der Waals surface area contributed by atoms with Gasteiger partial charge < -0.3 is 4.74 Å². The molecule has 0 spiro atoms. The molecule has 11 heavy (non-hydrogen) atoms. The third-order valence-corrected chi connectivity index (χ3v) is 1.48. The van der Waals surface area contributed by atoms with Crippen molar-refractivity contribution in [2.75, 3.05) is 6.61 Å². The second-order valence-corrected chi connectivity index (χ2v) is 2.75. The Labute approximate surface area is 73.9 Å². The molecule has 0 saturated heterocycles. The highest BCUT2D eigenvalue weighted by molar-refractivity contribution is 9.10. The maximum Gasteiger partial charge on any atom is 0.196 e. The van der Waals surface area contributed by atoms with Gasteiger partial charge in [-0.2, -0.15) is 0 Å². The molecular formula is C7H9BrN2O. The molecule has 1 aromatic rings. The fourth-order valence-corrected chi connectivity index (χ4v) is 0.800. The lowest BCUT2D eigenvalue weighted by atomic mass is 10.5. The van der Waals surface area contributed by atoms with Crippen LogP contribution in [0.4, 0.5) is 0 Å². The first kappa shape index (κ1) is 8.46. The van der Waals surface area contributed by atoms with Crippen LogP contribution in [-0.2, 0) is 0 Å². The smallest absolute Gasteiger partial charge is 0.196 e. The summed E-state index contributed by atoms with van der Waals surface area (Å²) in [5.74, 6) is 0.718. The molecule has 0 aliphatic heterocycles. The maximum atomic E-state index is 5.26. The standard InChI is InChI=1S/C7H9BrN2O/c1-2-3-11-6-4-9-7(8)10-5-6/h4-5H,2-3H2,1H3. The lowest BCUT2D eigenvalue weighted by Gasteiger charge is -2.01. The van der Waals surface area contributed by atoms with E-state index < -0.39 is 0 Å². The Morgan fingerprint density at radius 3 is 2.64 bits per heavy atom. The number of rotatable bonds is 3. The van der Waals surface area contributed by atoms with Gasteiger partial charge in [0.15, 0.2) is 10.5 Å². The topological polar surface area (TPSA) is 35.0 Å². The summed E-state index contributed by atoms with van der Waals surface area (Å²) in [4.78, 5) is 7.83. The van der Waals surface area contributed by atoms with Crippen molar-refractivity contribution in [1.29, 1.82) is 0 Å². The van der Waals surface area contributed by atoms with E-state index in [9.17, 15) is 0 Å². The predicted octanol–water partition coefficient (Wildman–Crippen LogP) is 2.03. The Morgan fingerprint density at radius 1 is 1.45 bits per heavy atom. The molecule has 0 unspecified atom stereocenters. The Bertz CT molecular complexity index is 212. The summed E-state index contributed by atoms with van der Waals surface area (Å²) in [6.07, 6.45) is 4.29. The molecule has 3 nitrogen and oxygen atoms in total. The molecular weight excluding hydrogens is 208 g/mol. The fraction of sp³-hybridized carbons (Fsp3) is 0.429. The lowest BCUT2D eigenvalue weighted by molar-refractivity contribution is 0.314. The molecule has 0 aliphatic rings. The molecule has 0 aliphatic carbocycles. The highest BCUT2D eigenvalue weighted by Crippen LogP contribution is 2.08. The zero-order valence-corrected chi connectivity index (χ0v) is 7.84. The van der Waals surface area contributed by atoms with Crippen molar-refractivity contribution in [1.82, 2.24) is 9.97 Å². The molecule has 60 valence electrons. The molecule has 0 amide bonds. The summed E-state index contributed by atoms with van der Waals surface area (Å²) in [5, 5.41) is 0. The van der Waals surface area contributed by atoms with Crippen molar-refractivity contribution in [2.45, 2.75) is 13.3 Å². The van der Waals surface area contributed by atoms with Crippen LogP contribution in [0.15, 0.2) is 17.1 Å². The van der Waals surface area contributed by atoms with Crippen molar-refractivity contribution in [3.63, 3.8) is 0 Å². The summed E-state index contributed by atoms with van der Waals surface area (Å²) >= 11 is 3.14. The van der Waals surface area contributed by atoms with Crippen LogP contribution in [0.3, 0.4) is 0 Å². The third kappa shape index (κ3) is 2.84. The van der Waals surface area contributed by atoms with Gasteiger partial charge in [-0.25, -0.2) is 9.97 Å². The van der Waals surface area contributed by atoms with Gasteiger partial charge in [0.05, 0.1) is 19.0 Å². The summed E-state index contributed by atoms with van der Waals surface area (Å²) in [6.45, 7) is 2.77. The maximum absolute atomic E-state index is 5.26. The molecule has 1 aromatic heterocycles. The predicted molar refractivity (Wildman–Crippen MR) is 45.5 cm³/mol. The van der Waals surface area contributed by atoms with Crippen LogP contribution in [0, 0.1) is 0 Å². The second kappa shape index (κ2) is 4.28. The summed E-state index contributed by atoms with van der Waals surface area (Å²) in [7, 11) is 0. The van der Waals surface area contributed by atoms with E-state index >= 15 is 0 Å². The van der Waals surface area contributed by atoms with Crippen LogP contribution in [0.1, 0.15) is 13.3 Å². The molecule has 0 aromatic carbocycles. The Kier molecular flexibility index (Phi) is 3.29. The molecule has 0 radical (unpaired) electrons. The van der Waals surface area contributed by atoms with Crippen LogP contribution in [0.5, 0.6) is 5.75 Å². The summed E-state index contributed by atoms with van der Waals surface area (Å²) < 4.78 is 5.85. The van der Waals surface area contributed by atoms with E-state index in [0.717, 1.165) is 12.2 Å². The second-order valence-electron chi connectivity index (χ2n) is 2.04. The van der Waals surface area contributed by atoms with Gasteiger partial charge in [0, 0.05) is 0 Å². The molecule has 1 rings (SSSR count). The van der Waals surface area contributed by atoms with Gasteiger partial charge in [0.2, 0.25) is 0 Å². The zero-order valence-electron chi connectivity index (χ0n) is 6.25. The fourth-order valence-electron chi connectivity index (χ4n) is 0.595. The molecule has 0 bridgehead atoms. The van der Waals surface area contributed by atoms with Crippen LogP contribution >= 0.6 is 15.9 Å². The molecule has 1 heterocycles. The highest BCUT2D eigenvalue weighted by Gasteiger charge is 1.93. The molecule has 0 fully saturated rings. The van der Waals surface area contributed by atoms with Gasteiger partial charge in [-0.15, -0.1) is 0 Å². The number of nitrogens with zero attached hydrogens (tertiary/aromatic N) is 2. The van der Waals surface area contributed by atoms with E-state index in [0.29, 0.717) is 11.3 Å². The van der Waals surface area contributed by atoms with Crippen LogP contribution < -0.4 is 4.74 Å². The van der Waals surface area contributed by atoms with Crippen molar-refractivity contribution >= 4 is 15.9 Å². The number of hydrogen-bond donors (Lipinski definition) is 0. The molecule has 0 N–H and O–H groups in total. The van der Waals surface area contributed by atoms with E-state index in [1.807, 2.05) is 0 Å². The van der Waals surface area contributed by atoms with Crippen LogP contribution in [0.2, 0.25) is 0 Å². The molecule has 0 atom stereocenters. The van der Waals surface area contributed by atoms with Crippen molar-refractivity contribution in [2.24, 2.45) is 0 Å². The monoisotopic (exact) mass is 216 g/mol. The third-order valence-electron chi connectivity index (χ3n) is 1.07. The summed E-state index contributed by atoms with van der Waals surface area (Å²) in [5.41, 5.74) is 0. The normalized spacial score (nSPS) is 9.64. The minimum absolute atomic E-state index is 0.585. The Morgan fingerprint density at radius 2 is 2.09 bits per heavy atom. The number of halogens is 1. The minimum Gasteiger partial charge on any atom is -0.490 e.